The van der Waals surface area contributed by atoms with Gasteiger partial charge in [0, 0.05) is 37.1 Å². The highest BCUT2D eigenvalue weighted by molar-refractivity contribution is 5.33. The van der Waals surface area contributed by atoms with E-state index in [4.69, 9.17) is 5.11 Å². The van der Waals surface area contributed by atoms with Gasteiger partial charge < -0.3 is 15.3 Å². The first-order chi connectivity index (χ1) is 9.22. The summed E-state index contributed by atoms with van der Waals surface area (Å²) in [4.78, 5) is 10.8. The molecule has 0 amide bonds. The largest absolute Gasteiger partial charge is 0.395 e. The van der Waals surface area contributed by atoms with Gasteiger partial charge in [-0.05, 0) is 19.9 Å². The minimum Gasteiger partial charge on any atom is -0.395 e. The van der Waals surface area contributed by atoms with Crippen LogP contribution in [0.2, 0.25) is 0 Å². The summed E-state index contributed by atoms with van der Waals surface area (Å²) in [6.07, 6.45) is 4.75. The normalized spacial score (nSPS) is 10.5. The Morgan fingerprint density at radius 3 is 2.89 bits per heavy atom. The molecule has 0 atom stereocenters. The number of nitrogens with one attached hydrogen (secondary N) is 1. The van der Waals surface area contributed by atoms with Crippen molar-refractivity contribution in [2.24, 2.45) is 0 Å². The number of aromatic nitrogens is 2. The van der Waals surface area contributed by atoms with Crippen LogP contribution >= 0.6 is 0 Å². The first-order valence-electron chi connectivity index (χ1n) is 6.72. The van der Waals surface area contributed by atoms with Crippen molar-refractivity contribution < 1.29 is 5.11 Å². The SMILES string of the molecule is C=CCN(CCO)c1ncc(CNCCC)c(C)n1. The fraction of sp³-hybridized carbons (Fsp3) is 0.571. The van der Waals surface area contributed by atoms with Crippen molar-refractivity contribution in [3.8, 4) is 0 Å². The predicted octanol–water partition coefficient (Wildman–Crippen LogP) is 1.27. The second kappa shape index (κ2) is 8.61. The number of aryl methyl sites for hydroxylation is 1. The standard InChI is InChI=1S/C14H24N4O/c1-4-6-15-10-13-11-16-14(17-12(13)3)18(7-5-2)8-9-19/h5,11,15,19H,2,4,6-10H2,1,3H3. The molecule has 0 saturated heterocycles. The van der Waals surface area contributed by atoms with E-state index in [-0.39, 0.29) is 6.61 Å². The van der Waals surface area contributed by atoms with E-state index in [0.29, 0.717) is 19.0 Å². The highest BCUT2D eigenvalue weighted by Gasteiger charge is 2.09. The van der Waals surface area contributed by atoms with Gasteiger partial charge in [0.15, 0.2) is 0 Å². The number of nitrogens with zero attached hydrogens (tertiary/aromatic N) is 3. The van der Waals surface area contributed by atoms with E-state index >= 15 is 0 Å². The molecule has 5 heteroatoms. The lowest BCUT2D eigenvalue weighted by molar-refractivity contribution is 0.302. The highest BCUT2D eigenvalue weighted by atomic mass is 16.3. The van der Waals surface area contributed by atoms with Crippen molar-refractivity contribution >= 4 is 5.95 Å². The summed E-state index contributed by atoms with van der Waals surface area (Å²) in [5, 5.41) is 12.4. The van der Waals surface area contributed by atoms with Gasteiger partial charge in [-0.2, -0.15) is 0 Å². The van der Waals surface area contributed by atoms with Crippen LogP contribution in [0.4, 0.5) is 5.95 Å². The zero-order valence-electron chi connectivity index (χ0n) is 11.9. The summed E-state index contributed by atoms with van der Waals surface area (Å²) in [7, 11) is 0. The molecule has 2 N–H and O–H groups in total. The molecular formula is C14H24N4O. The molecule has 1 aromatic rings. The second-order valence-corrected chi connectivity index (χ2v) is 4.42. The summed E-state index contributed by atoms with van der Waals surface area (Å²) in [5.41, 5.74) is 2.08. The minimum absolute atomic E-state index is 0.0794. The minimum atomic E-state index is 0.0794. The molecule has 0 radical (unpaired) electrons. The molecule has 0 bridgehead atoms. The Kier molecular flexibility index (Phi) is 7.07. The Bertz CT molecular complexity index is 395. The van der Waals surface area contributed by atoms with Gasteiger partial charge in [0.2, 0.25) is 5.95 Å². The number of hydrogen-bond donors (Lipinski definition) is 2. The molecule has 0 aliphatic rings. The smallest absolute Gasteiger partial charge is 0.225 e. The third kappa shape index (κ3) is 4.96. The molecular weight excluding hydrogens is 240 g/mol. The summed E-state index contributed by atoms with van der Waals surface area (Å²) in [5.74, 6) is 0.644. The number of aliphatic hydroxyl groups excluding tert-OH is 1. The maximum Gasteiger partial charge on any atom is 0.225 e. The van der Waals surface area contributed by atoms with Crippen LogP contribution in [0.1, 0.15) is 24.6 Å². The Hall–Kier alpha value is -1.46. The molecule has 0 saturated carbocycles. The quantitative estimate of drug-likeness (QED) is 0.519. The van der Waals surface area contributed by atoms with Gasteiger partial charge in [0.25, 0.3) is 0 Å². The van der Waals surface area contributed by atoms with Crippen molar-refractivity contribution in [2.75, 3.05) is 31.1 Å². The number of hydrogen-bond acceptors (Lipinski definition) is 5. The van der Waals surface area contributed by atoms with E-state index in [0.717, 1.165) is 30.8 Å². The van der Waals surface area contributed by atoms with Crippen molar-refractivity contribution in [1.82, 2.24) is 15.3 Å². The average molecular weight is 264 g/mol. The number of rotatable bonds is 9. The van der Waals surface area contributed by atoms with Gasteiger partial charge in [-0.1, -0.05) is 13.0 Å². The van der Waals surface area contributed by atoms with Crippen LogP contribution in [0, 0.1) is 6.92 Å². The molecule has 1 aromatic heterocycles. The zero-order chi connectivity index (χ0) is 14.1. The van der Waals surface area contributed by atoms with Crippen LogP contribution < -0.4 is 10.2 Å². The zero-order valence-corrected chi connectivity index (χ0v) is 11.9. The van der Waals surface area contributed by atoms with Crippen LogP contribution in [-0.4, -0.2) is 41.3 Å². The Labute approximate surface area is 115 Å². The summed E-state index contributed by atoms with van der Waals surface area (Å²) >= 11 is 0. The van der Waals surface area contributed by atoms with E-state index in [1.54, 1.807) is 6.08 Å². The van der Waals surface area contributed by atoms with Gasteiger partial charge in [-0.3, -0.25) is 0 Å². The van der Waals surface area contributed by atoms with E-state index in [2.05, 4.69) is 28.8 Å². The van der Waals surface area contributed by atoms with Crippen molar-refractivity contribution in [3.05, 3.63) is 30.1 Å². The van der Waals surface area contributed by atoms with Crippen LogP contribution in [0.5, 0.6) is 0 Å². The monoisotopic (exact) mass is 264 g/mol. The van der Waals surface area contributed by atoms with Crippen molar-refractivity contribution in [1.29, 1.82) is 0 Å². The van der Waals surface area contributed by atoms with Gasteiger partial charge in [-0.15, -0.1) is 6.58 Å². The van der Waals surface area contributed by atoms with Gasteiger partial charge in [0.1, 0.15) is 0 Å². The van der Waals surface area contributed by atoms with Crippen molar-refractivity contribution in [2.45, 2.75) is 26.8 Å². The van der Waals surface area contributed by atoms with Gasteiger partial charge in [-0.25, -0.2) is 9.97 Å². The molecule has 106 valence electrons. The lowest BCUT2D eigenvalue weighted by Crippen LogP contribution is -2.29. The maximum atomic E-state index is 9.05. The Balaban J connectivity index is 2.75. The first kappa shape index (κ1) is 15.6. The van der Waals surface area contributed by atoms with E-state index < -0.39 is 0 Å². The van der Waals surface area contributed by atoms with E-state index in [9.17, 15) is 0 Å². The molecule has 0 aliphatic carbocycles. The van der Waals surface area contributed by atoms with Crippen molar-refractivity contribution in [3.63, 3.8) is 0 Å². The number of aliphatic hydroxyl groups is 1. The first-order valence-corrected chi connectivity index (χ1v) is 6.72. The van der Waals surface area contributed by atoms with Gasteiger partial charge in [0.05, 0.1) is 6.61 Å². The Morgan fingerprint density at radius 1 is 1.53 bits per heavy atom. The predicted molar refractivity (Wildman–Crippen MR) is 78.3 cm³/mol. The fourth-order valence-corrected chi connectivity index (χ4v) is 1.75. The topological polar surface area (TPSA) is 61.3 Å². The summed E-state index contributed by atoms with van der Waals surface area (Å²) in [6.45, 7) is 10.8. The Morgan fingerprint density at radius 2 is 2.32 bits per heavy atom. The molecule has 1 rings (SSSR count). The highest BCUT2D eigenvalue weighted by Crippen LogP contribution is 2.11. The molecule has 0 aromatic carbocycles. The average Bonchev–Trinajstić information content (AvgIpc) is 2.40. The second-order valence-electron chi connectivity index (χ2n) is 4.42. The molecule has 0 unspecified atom stereocenters. The molecule has 0 spiro atoms. The fourth-order valence-electron chi connectivity index (χ4n) is 1.75. The maximum absolute atomic E-state index is 9.05. The lowest BCUT2D eigenvalue weighted by atomic mass is 10.2. The molecule has 0 aliphatic heterocycles. The third-order valence-corrected chi connectivity index (χ3v) is 2.81. The number of anilines is 1. The van der Waals surface area contributed by atoms with Crippen LogP contribution in [-0.2, 0) is 6.54 Å². The molecule has 0 fully saturated rings. The van der Waals surface area contributed by atoms with Gasteiger partial charge >= 0.3 is 0 Å². The molecule has 1 heterocycles. The van der Waals surface area contributed by atoms with Crippen LogP contribution in [0.3, 0.4) is 0 Å². The lowest BCUT2D eigenvalue weighted by Gasteiger charge is -2.20. The van der Waals surface area contributed by atoms with Crippen LogP contribution in [0.25, 0.3) is 0 Å². The van der Waals surface area contributed by atoms with Crippen LogP contribution in [0.15, 0.2) is 18.9 Å². The summed E-state index contributed by atoms with van der Waals surface area (Å²) in [6, 6.07) is 0. The van der Waals surface area contributed by atoms with E-state index in [1.165, 1.54) is 0 Å². The third-order valence-electron chi connectivity index (χ3n) is 2.81. The molecule has 5 nitrogen and oxygen atoms in total. The van der Waals surface area contributed by atoms with E-state index in [1.807, 2.05) is 18.0 Å². The molecule has 19 heavy (non-hydrogen) atoms. The summed E-state index contributed by atoms with van der Waals surface area (Å²) < 4.78 is 0.